The van der Waals surface area contributed by atoms with Crippen LogP contribution in [0.25, 0.3) is 0 Å². The quantitative estimate of drug-likeness (QED) is 0.772. The van der Waals surface area contributed by atoms with E-state index in [0.29, 0.717) is 12.0 Å². The number of amides is 1. The lowest BCUT2D eigenvalue weighted by molar-refractivity contribution is -0.122. The molecule has 0 aliphatic carbocycles. The smallest absolute Gasteiger partial charge is 0.233 e. The molecule has 94 valence electrons. The van der Waals surface area contributed by atoms with Crippen molar-refractivity contribution in [2.24, 2.45) is 5.92 Å². The van der Waals surface area contributed by atoms with Crippen LogP contribution in [0.4, 0.5) is 0 Å². The van der Waals surface area contributed by atoms with Crippen LogP contribution in [0, 0.1) is 5.92 Å². The maximum absolute atomic E-state index is 12.1. The van der Waals surface area contributed by atoms with Crippen LogP contribution in [0.2, 0.25) is 0 Å². The van der Waals surface area contributed by atoms with E-state index in [-0.39, 0.29) is 11.2 Å². The zero-order chi connectivity index (χ0) is 12.0. The van der Waals surface area contributed by atoms with E-state index in [1.807, 2.05) is 0 Å². The van der Waals surface area contributed by atoms with E-state index in [0.717, 1.165) is 31.7 Å². The van der Waals surface area contributed by atoms with Gasteiger partial charge in [-0.25, -0.2) is 0 Å². The average molecular weight is 244 g/mol. The number of piperidine rings is 1. The Hall–Kier alpha value is -0.220. The molecule has 0 saturated carbocycles. The molecule has 1 atom stereocenters. The van der Waals surface area contributed by atoms with Crippen molar-refractivity contribution in [3.8, 4) is 0 Å². The molecule has 1 rings (SSSR count). The van der Waals surface area contributed by atoms with Gasteiger partial charge in [0.25, 0.3) is 0 Å². The molecule has 0 radical (unpaired) electrons. The minimum atomic E-state index is 0.111. The minimum Gasteiger partial charge on any atom is -0.352 e. The summed E-state index contributed by atoms with van der Waals surface area (Å²) in [5, 5.41) is 6.60. The molecule has 1 fully saturated rings. The summed E-state index contributed by atoms with van der Waals surface area (Å²) in [6.07, 6.45) is 2.13. The number of rotatable bonds is 5. The van der Waals surface area contributed by atoms with E-state index >= 15 is 0 Å². The van der Waals surface area contributed by atoms with Crippen LogP contribution >= 0.6 is 11.8 Å². The molecule has 1 heterocycles. The molecule has 0 aromatic carbocycles. The van der Waals surface area contributed by atoms with Crippen LogP contribution in [0.1, 0.15) is 33.6 Å². The molecule has 1 aliphatic rings. The summed E-state index contributed by atoms with van der Waals surface area (Å²) >= 11 is 1.75. The van der Waals surface area contributed by atoms with Crippen LogP contribution in [0.15, 0.2) is 0 Å². The van der Waals surface area contributed by atoms with Gasteiger partial charge in [-0.2, -0.15) is 0 Å². The summed E-state index contributed by atoms with van der Waals surface area (Å²) in [5.74, 6) is 1.64. The van der Waals surface area contributed by atoms with Gasteiger partial charge in [-0.1, -0.05) is 20.8 Å². The van der Waals surface area contributed by atoms with Crippen molar-refractivity contribution in [1.29, 1.82) is 0 Å². The molecular weight excluding hydrogens is 220 g/mol. The van der Waals surface area contributed by atoms with Gasteiger partial charge in [-0.3, -0.25) is 4.79 Å². The van der Waals surface area contributed by atoms with Crippen molar-refractivity contribution in [3.05, 3.63) is 0 Å². The number of hydrogen-bond donors (Lipinski definition) is 2. The predicted molar refractivity (Wildman–Crippen MR) is 70.8 cm³/mol. The molecule has 3 nitrogen and oxygen atoms in total. The largest absolute Gasteiger partial charge is 0.352 e. The summed E-state index contributed by atoms with van der Waals surface area (Å²) in [5.41, 5.74) is 0. The average Bonchev–Trinajstić information content (AvgIpc) is 2.26. The number of hydrogen-bond acceptors (Lipinski definition) is 3. The fourth-order valence-electron chi connectivity index (χ4n) is 2.00. The zero-order valence-corrected chi connectivity index (χ0v) is 11.4. The maximum atomic E-state index is 12.1. The van der Waals surface area contributed by atoms with Gasteiger partial charge >= 0.3 is 0 Å². The predicted octanol–water partition coefficient (Wildman–Crippen LogP) is 1.63. The Labute approximate surface area is 103 Å². The third-order valence-corrected chi connectivity index (χ3v) is 4.35. The standard InChI is InChI=1S/C12H24N2OS/c1-4-16-11(9(2)3)12(15)14-10-5-7-13-8-6-10/h9-11,13H,4-8H2,1-3H3,(H,14,15). The summed E-state index contributed by atoms with van der Waals surface area (Å²) in [6, 6.07) is 0.382. The Morgan fingerprint density at radius 3 is 2.56 bits per heavy atom. The van der Waals surface area contributed by atoms with Gasteiger partial charge in [-0.05, 0) is 37.6 Å². The molecule has 0 spiro atoms. The van der Waals surface area contributed by atoms with E-state index in [1.165, 1.54) is 0 Å². The van der Waals surface area contributed by atoms with E-state index < -0.39 is 0 Å². The molecule has 0 bridgehead atoms. The Bertz CT molecular complexity index is 215. The van der Waals surface area contributed by atoms with Gasteiger partial charge < -0.3 is 10.6 Å². The van der Waals surface area contributed by atoms with Crippen LogP contribution < -0.4 is 10.6 Å². The van der Waals surface area contributed by atoms with Gasteiger partial charge in [0.1, 0.15) is 0 Å². The summed E-state index contributed by atoms with van der Waals surface area (Å²) in [7, 11) is 0. The van der Waals surface area contributed by atoms with Crippen LogP contribution in [0.3, 0.4) is 0 Å². The minimum absolute atomic E-state index is 0.111. The topological polar surface area (TPSA) is 41.1 Å². The van der Waals surface area contributed by atoms with Crippen molar-refractivity contribution in [3.63, 3.8) is 0 Å². The Balaban J connectivity index is 2.40. The van der Waals surface area contributed by atoms with Gasteiger partial charge in [0.05, 0.1) is 5.25 Å². The molecule has 1 aliphatic heterocycles. The van der Waals surface area contributed by atoms with Crippen molar-refractivity contribution in [2.45, 2.75) is 44.9 Å². The third kappa shape index (κ3) is 4.34. The molecule has 1 saturated heterocycles. The molecule has 1 amide bonds. The van der Waals surface area contributed by atoms with E-state index in [4.69, 9.17) is 0 Å². The van der Waals surface area contributed by atoms with Crippen molar-refractivity contribution in [2.75, 3.05) is 18.8 Å². The highest BCUT2D eigenvalue weighted by Gasteiger charge is 2.24. The lowest BCUT2D eigenvalue weighted by Crippen LogP contribution is -2.46. The zero-order valence-electron chi connectivity index (χ0n) is 10.6. The molecule has 4 heteroatoms. The first-order valence-electron chi connectivity index (χ1n) is 6.27. The van der Waals surface area contributed by atoms with Crippen molar-refractivity contribution < 1.29 is 4.79 Å². The first-order valence-corrected chi connectivity index (χ1v) is 7.32. The third-order valence-electron chi connectivity index (χ3n) is 2.90. The lowest BCUT2D eigenvalue weighted by Gasteiger charge is -2.27. The SMILES string of the molecule is CCSC(C(=O)NC1CCNCC1)C(C)C. The highest BCUT2D eigenvalue weighted by Crippen LogP contribution is 2.19. The maximum Gasteiger partial charge on any atom is 0.233 e. The second kappa shape index (κ2) is 7.17. The van der Waals surface area contributed by atoms with Crippen LogP contribution in [-0.4, -0.2) is 36.0 Å². The summed E-state index contributed by atoms with van der Waals surface area (Å²) < 4.78 is 0. The highest BCUT2D eigenvalue weighted by molar-refractivity contribution is 8.00. The van der Waals surface area contributed by atoms with Gasteiger partial charge in [-0.15, -0.1) is 11.8 Å². The van der Waals surface area contributed by atoms with Crippen molar-refractivity contribution in [1.82, 2.24) is 10.6 Å². The number of nitrogens with one attached hydrogen (secondary N) is 2. The van der Waals surface area contributed by atoms with E-state index in [1.54, 1.807) is 11.8 Å². The first-order chi connectivity index (χ1) is 7.65. The first kappa shape index (κ1) is 13.8. The number of carbonyl (C=O) groups is 1. The normalized spacial score (nSPS) is 19.8. The number of carbonyl (C=O) groups excluding carboxylic acids is 1. The van der Waals surface area contributed by atoms with Gasteiger partial charge in [0.2, 0.25) is 5.91 Å². The van der Waals surface area contributed by atoms with E-state index in [9.17, 15) is 4.79 Å². The number of thioether (sulfide) groups is 1. The molecule has 0 aromatic rings. The summed E-state index contributed by atoms with van der Waals surface area (Å²) in [6.45, 7) is 8.40. The second-order valence-corrected chi connectivity index (χ2v) is 6.07. The van der Waals surface area contributed by atoms with Gasteiger partial charge in [0, 0.05) is 6.04 Å². The fraction of sp³-hybridized carbons (Fsp3) is 0.917. The molecule has 1 unspecified atom stereocenters. The molecule has 2 N–H and O–H groups in total. The van der Waals surface area contributed by atoms with Crippen molar-refractivity contribution >= 4 is 17.7 Å². The Morgan fingerprint density at radius 2 is 2.06 bits per heavy atom. The monoisotopic (exact) mass is 244 g/mol. The lowest BCUT2D eigenvalue weighted by atomic mass is 10.1. The molecular formula is C12H24N2OS. The highest BCUT2D eigenvalue weighted by atomic mass is 32.2. The summed E-state index contributed by atoms with van der Waals surface area (Å²) in [4.78, 5) is 12.1. The second-order valence-electron chi connectivity index (χ2n) is 4.65. The molecule has 16 heavy (non-hydrogen) atoms. The van der Waals surface area contributed by atoms with Crippen LogP contribution in [-0.2, 0) is 4.79 Å². The fourth-order valence-corrected chi connectivity index (χ4v) is 2.96. The van der Waals surface area contributed by atoms with E-state index in [2.05, 4.69) is 31.4 Å². The Kier molecular flexibility index (Phi) is 6.21. The Morgan fingerprint density at radius 1 is 1.44 bits per heavy atom. The van der Waals surface area contributed by atoms with Gasteiger partial charge in [0.15, 0.2) is 0 Å². The molecule has 0 aromatic heterocycles. The van der Waals surface area contributed by atoms with Crippen LogP contribution in [0.5, 0.6) is 0 Å².